The van der Waals surface area contributed by atoms with E-state index in [0.29, 0.717) is 19.6 Å². The first-order valence-corrected chi connectivity index (χ1v) is 13.0. The Morgan fingerprint density at radius 1 is 0.892 bits per heavy atom. The third-order valence-electron chi connectivity index (χ3n) is 8.72. The topological polar surface area (TPSA) is 52.7 Å². The van der Waals surface area contributed by atoms with Gasteiger partial charge < -0.3 is 10.2 Å². The first-order chi connectivity index (χ1) is 17.8. The Morgan fingerprint density at radius 2 is 1.54 bits per heavy atom. The summed E-state index contributed by atoms with van der Waals surface area (Å²) < 4.78 is 0. The number of Topliss-reactive ketones (excluding diaryl/α,β-unsaturated/α-hetero) is 1. The number of ketones is 1. The smallest absolute Gasteiger partial charge is 0.250 e. The molecular weight excluding hydrogens is 458 g/mol. The summed E-state index contributed by atoms with van der Waals surface area (Å²) in [5.74, 6) is -0.177. The lowest BCUT2D eigenvalue weighted by Crippen LogP contribution is -2.65. The highest BCUT2D eigenvalue weighted by molar-refractivity contribution is 6.15. The number of fused-ring (bicyclic) bond motifs is 3. The Kier molecular flexibility index (Phi) is 5.48. The van der Waals surface area contributed by atoms with Crippen LogP contribution in [0.2, 0.25) is 0 Å². The molecule has 0 bridgehead atoms. The number of hydrogen-bond acceptors (Lipinski definition) is 4. The average molecular weight is 492 g/mol. The minimum absolute atomic E-state index is 0.0768. The Labute approximate surface area is 218 Å². The van der Waals surface area contributed by atoms with Gasteiger partial charge in [-0.1, -0.05) is 77.9 Å². The van der Waals surface area contributed by atoms with E-state index in [1.807, 2.05) is 37.4 Å². The molecule has 6 rings (SSSR count). The molecule has 3 aromatic rings. The van der Waals surface area contributed by atoms with E-state index in [1.54, 1.807) is 0 Å². The number of nitrogens with zero attached hydrogens (tertiary/aromatic N) is 2. The average Bonchev–Trinajstić information content (AvgIpc) is 3.32. The van der Waals surface area contributed by atoms with Crippen molar-refractivity contribution in [1.29, 1.82) is 0 Å². The van der Waals surface area contributed by atoms with Crippen LogP contribution in [0.3, 0.4) is 0 Å². The van der Waals surface area contributed by atoms with Gasteiger partial charge in [0.25, 0.3) is 5.91 Å². The third kappa shape index (κ3) is 3.30. The minimum atomic E-state index is -1.10. The molecule has 0 saturated carbocycles. The molecule has 2 fully saturated rings. The predicted octanol–water partition coefficient (Wildman–Crippen LogP) is 4.76. The number of nitrogens with one attached hydrogen (secondary N) is 1. The molecule has 3 aliphatic heterocycles. The van der Waals surface area contributed by atoms with Crippen LogP contribution in [-0.2, 0) is 15.1 Å². The van der Waals surface area contributed by atoms with Gasteiger partial charge in [-0.2, -0.15) is 0 Å². The summed E-state index contributed by atoms with van der Waals surface area (Å²) in [5, 5.41) is 3.15. The molecule has 1 N–H and O–H groups in total. The maximum Gasteiger partial charge on any atom is 0.250 e. The van der Waals surface area contributed by atoms with E-state index in [2.05, 4.69) is 84.5 Å². The van der Waals surface area contributed by atoms with Crippen LogP contribution in [0.4, 0.5) is 5.69 Å². The maximum atomic E-state index is 15.0. The van der Waals surface area contributed by atoms with Crippen molar-refractivity contribution < 1.29 is 9.59 Å². The molecule has 3 aromatic carbocycles. The van der Waals surface area contributed by atoms with Gasteiger partial charge in [-0.3, -0.25) is 14.5 Å². The van der Waals surface area contributed by atoms with Crippen molar-refractivity contribution in [3.8, 4) is 0 Å². The van der Waals surface area contributed by atoms with Gasteiger partial charge in [-0.15, -0.1) is 0 Å². The quantitative estimate of drug-likeness (QED) is 0.525. The van der Waals surface area contributed by atoms with Crippen molar-refractivity contribution in [3.05, 3.63) is 106 Å². The number of para-hydroxylation sites is 1. The molecule has 5 heteroatoms. The van der Waals surface area contributed by atoms with E-state index in [1.165, 1.54) is 11.1 Å². The van der Waals surface area contributed by atoms with E-state index in [-0.39, 0.29) is 17.6 Å². The summed E-state index contributed by atoms with van der Waals surface area (Å²) in [7, 11) is 4.07. The Bertz CT molecular complexity index is 1430. The Morgan fingerprint density at radius 3 is 2.24 bits per heavy atom. The Balaban J connectivity index is 1.62. The van der Waals surface area contributed by atoms with Crippen molar-refractivity contribution in [3.63, 3.8) is 0 Å². The number of benzene rings is 3. The van der Waals surface area contributed by atoms with E-state index < -0.39 is 11.0 Å². The largest absolute Gasteiger partial charge is 0.324 e. The highest BCUT2D eigenvalue weighted by Crippen LogP contribution is 2.64. The van der Waals surface area contributed by atoms with Crippen molar-refractivity contribution in [2.24, 2.45) is 5.41 Å². The first kappa shape index (κ1) is 23.8. The molecule has 188 valence electrons. The number of carbonyl (C=O) groups excluding carboxylic acids is 2. The van der Waals surface area contributed by atoms with Crippen molar-refractivity contribution >= 4 is 23.5 Å². The van der Waals surface area contributed by atoms with Crippen LogP contribution in [0.1, 0.15) is 33.7 Å². The fourth-order valence-electron chi connectivity index (χ4n) is 7.14. The second-order valence-corrected chi connectivity index (χ2v) is 11.1. The Hall–Kier alpha value is -3.54. The van der Waals surface area contributed by atoms with Crippen molar-refractivity contribution in [2.75, 3.05) is 39.0 Å². The maximum absolute atomic E-state index is 15.0. The van der Waals surface area contributed by atoms with Gasteiger partial charge in [0.1, 0.15) is 5.54 Å². The lowest BCUT2D eigenvalue weighted by atomic mass is 9.56. The fourth-order valence-corrected chi connectivity index (χ4v) is 7.14. The van der Waals surface area contributed by atoms with E-state index in [9.17, 15) is 9.59 Å². The van der Waals surface area contributed by atoms with E-state index in [4.69, 9.17) is 0 Å². The highest BCUT2D eigenvalue weighted by Gasteiger charge is 2.74. The van der Waals surface area contributed by atoms with E-state index in [0.717, 1.165) is 28.0 Å². The lowest BCUT2D eigenvalue weighted by molar-refractivity contribution is -0.146. The van der Waals surface area contributed by atoms with Crippen LogP contribution in [-0.4, -0.2) is 55.2 Å². The van der Waals surface area contributed by atoms with Gasteiger partial charge in [0.05, 0.1) is 5.41 Å². The third-order valence-corrected chi connectivity index (χ3v) is 8.72. The monoisotopic (exact) mass is 491 g/mol. The predicted molar refractivity (Wildman–Crippen MR) is 147 cm³/mol. The molecule has 3 atom stereocenters. The van der Waals surface area contributed by atoms with Crippen LogP contribution in [0.5, 0.6) is 0 Å². The molecule has 2 spiro atoms. The van der Waals surface area contributed by atoms with Crippen LogP contribution in [0.15, 0.2) is 78.4 Å². The number of likely N-dealkylation sites (N-methyl/N-ethyl adjacent to an activating group) is 2. The summed E-state index contributed by atoms with van der Waals surface area (Å²) in [4.78, 5) is 33.5. The number of piperidine rings is 1. The summed E-state index contributed by atoms with van der Waals surface area (Å²) in [6, 6.07) is 24.6. The number of aryl methyl sites for hydroxylation is 2. The molecular formula is C32H33N3O2. The molecule has 3 heterocycles. The second kappa shape index (κ2) is 8.51. The van der Waals surface area contributed by atoms with Gasteiger partial charge in [0.15, 0.2) is 5.78 Å². The molecule has 0 aromatic heterocycles. The van der Waals surface area contributed by atoms with Crippen molar-refractivity contribution in [2.45, 2.75) is 25.3 Å². The van der Waals surface area contributed by atoms with Gasteiger partial charge in [-0.25, -0.2) is 0 Å². The van der Waals surface area contributed by atoms with Crippen LogP contribution in [0, 0.1) is 19.3 Å². The molecule has 0 radical (unpaired) electrons. The minimum Gasteiger partial charge on any atom is -0.324 e. The standard InChI is InChI=1S/C32H33N3O2/c1-21-9-13-23(14-10-21)17-25-18-34(3)20-31(29(25)36)27(24-15-11-22(2)12-16-24)19-35(4)32(31)26-7-5-6-8-28(26)33-30(32)37/h5-17,27H,18-20H2,1-4H3,(H,33,37)/b25-17+/t27-,31+,32+/m1/s1. The zero-order chi connectivity index (χ0) is 25.9. The molecule has 5 nitrogen and oxygen atoms in total. The summed E-state index contributed by atoms with van der Waals surface area (Å²) >= 11 is 0. The van der Waals surface area contributed by atoms with Crippen LogP contribution in [0.25, 0.3) is 6.08 Å². The highest BCUT2D eigenvalue weighted by atomic mass is 16.2. The first-order valence-electron chi connectivity index (χ1n) is 13.0. The zero-order valence-corrected chi connectivity index (χ0v) is 21.9. The normalized spacial score (nSPS) is 28.9. The zero-order valence-electron chi connectivity index (χ0n) is 21.9. The number of rotatable bonds is 2. The number of hydrogen-bond donors (Lipinski definition) is 1. The fraction of sp³-hybridized carbons (Fsp3) is 0.312. The SMILES string of the molecule is Cc1ccc(/C=C2\CN(C)C[C@@]3(C2=O)[C@@H](c2ccc(C)cc2)CN(C)[C@@]32C(=O)Nc3ccccc32)cc1. The van der Waals surface area contributed by atoms with E-state index >= 15 is 0 Å². The van der Waals surface area contributed by atoms with Crippen LogP contribution < -0.4 is 5.32 Å². The molecule has 0 aliphatic carbocycles. The van der Waals surface area contributed by atoms with Crippen LogP contribution >= 0.6 is 0 Å². The number of carbonyl (C=O) groups is 2. The summed E-state index contributed by atoms with van der Waals surface area (Å²) in [6.07, 6.45) is 2.02. The molecule has 1 amide bonds. The number of anilines is 1. The van der Waals surface area contributed by atoms with Crippen molar-refractivity contribution in [1.82, 2.24) is 9.80 Å². The molecule has 37 heavy (non-hydrogen) atoms. The summed E-state index contributed by atoms with van der Waals surface area (Å²) in [5.41, 5.74) is 4.82. The van der Waals surface area contributed by atoms with Gasteiger partial charge in [0.2, 0.25) is 0 Å². The van der Waals surface area contributed by atoms with Gasteiger partial charge in [-0.05, 0) is 51.2 Å². The van der Waals surface area contributed by atoms with Gasteiger partial charge in [0, 0.05) is 42.4 Å². The van der Waals surface area contributed by atoms with Gasteiger partial charge >= 0.3 is 0 Å². The number of amides is 1. The summed E-state index contributed by atoms with van der Waals surface area (Å²) in [6.45, 7) is 5.80. The molecule has 2 saturated heterocycles. The molecule has 3 aliphatic rings. The number of likely N-dealkylation sites (tertiary alicyclic amines) is 2. The lowest BCUT2D eigenvalue weighted by Gasteiger charge is -2.50. The second-order valence-electron chi connectivity index (χ2n) is 11.1. The molecule has 0 unspecified atom stereocenters.